The standard InChI is InChI=1S/C25H15F2N3O/c26-22-8-4-7-21(24(22)27)25(31)19(16-28)15-17-9-11-20(12-10-17)30-14-13-23(29-30)18-5-2-1-3-6-18/h1-15H/b19-15+. The summed E-state index contributed by atoms with van der Waals surface area (Å²) < 4.78 is 29.0. The first-order valence-corrected chi connectivity index (χ1v) is 9.39. The molecule has 4 aromatic rings. The lowest BCUT2D eigenvalue weighted by Gasteiger charge is -2.04. The van der Waals surface area contributed by atoms with Gasteiger partial charge < -0.3 is 0 Å². The quantitative estimate of drug-likeness (QED) is 0.244. The molecule has 0 spiro atoms. The summed E-state index contributed by atoms with van der Waals surface area (Å²) in [4.78, 5) is 12.5. The van der Waals surface area contributed by atoms with Crippen molar-refractivity contribution in [1.29, 1.82) is 5.26 Å². The fraction of sp³-hybridized carbons (Fsp3) is 0. The van der Waals surface area contributed by atoms with Crippen LogP contribution in [0.15, 0.2) is 90.6 Å². The molecule has 150 valence electrons. The third-order valence-electron chi connectivity index (χ3n) is 4.69. The van der Waals surface area contributed by atoms with Crippen LogP contribution in [0.25, 0.3) is 23.0 Å². The Hall–Kier alpha value is -4.37. The lowest BCUT2D eigenvalue weighted by Crippen LogP contribution is -2.06. The zero-order chi connectivity index (χ0) is 21.8. The Kier molecular flexibility index (Phi) is 5.50. The Bertz CT molecular complexity index is 1320. The van der Waals surface area contributed by atoms with Gasteiger partial charge >= 0.3 is 0 Å². The van der Waals surface area contributed by atoms with Gasteiger partial charge in [-0.1, -0.05) is 48.5 Å². The van der Waals surface area contributed by atoms with E-state index in [-0.39, 0.29) is 5.57 Å². The fourth-order valence-electron chi connectivity index (χ4n) is 3.09. The number of hydrogen-bond acceptors (Lipinski definition) is 3. The highest BCUT2D eigenvalue weighted by Crippen LogP contribution is 2.20. The summed E-state index contributed by atoms with van der Waals surface area (Å²) in [6, 6.07) is 23.7. The van der Waals surface area contributed by atoms with E-state index in [1.165, 1.54) is 12.1 Å². The van der Waals surface area contributed by atoms with Gasteiger partial charge in [0.05, 0.1) is 16.9 Å². The monoisotopic (exact) mass is 411 g/mol. The fourth-order valence-corrected chi connectivity index (χ4v) is 3.09. The Balaban J connectivity index is 1.58. The molecule has 0 fully saturated rings. The third kappa shape index (κ3) is 4.16. The van der Waals surface area contributed by atoms with E-state index < -0.39 is 23.0 Å². The number of Topliss-reactive ketones (excluding diaryl/α,β-unsaturated/α-hetero) is 1. The van der Waals surface area contributed by atoms with Gasteiger partial charge in [0.2, 0.25) is 5.78 Å². The maximum Gasteiger partial charge on any atom is 0.206 e. The predicted octanol–water partition coefficient (Wildman–Crippen LogP) is 5.61. The van der Waals surface area contributed by atoms with Crippen LogP contribution in [0.2, 0.25) is 0 Å². The number of allylic oxidation sites excluding steroid dienone is 1. The van der Waals surface area contributed by atoms with Gasteiger partial charge in [-0.05, 0) is 42.0 Å². The molecule has 0 amide bonds. The number of carbonyl (C=O) groups is 1. The topological polar surface area (TPSA) is 58.7 Å². The van der Waals surface area contributed by atoms with Crippen molar-refractivity contribution in [3.8, 4) is 23.0 Å². The molecule has 0 saturated carbocycles. The predicted molar refractivity (Wildman–Crippen MR) is 113 cm³/mol. The molecule has 1 heterocycles. The van der Waals surface area contributed by atoms with Crippen LogP contribution < -0.4 is 0 Å². The normalized spacial score (nSPS) is 11.2. The minimum Gasteiger partial charge on any atom is -0.288 e. The zero-order valence-electron chi connectivity index (χ0n) is 16.2. The average Bonchev–Trinajstić information content (AvgIpc) is 3.30. The molecule has 3 aromatic carbocycles. The molecule has 31 heavy (non-hydrogen) atoms. The van der Waals surface area contributed by atoms with E-state index in [0.717, 1.165) is 29.1 Å². The Morgan fingerprint density at radius 2 is 1.68 bits per heavy atom. The Morgan fingerprint density at radius 3 is 2.39 bits per heavy atom. The first kappa shape index (κ1) is 19.9. The van der Waals surface area contributed by atoms with Crippen LogP contribution in [0, 0.1) is 23.0 Å². The molecule has 4 nitrogen and oxygen atoms in total. The summed E-state index contributed by atoms with van der Waals surface area (Å²) in [6.45, 7) is 0. The van der Waals surface area contributed by atoms with Crippen LogP contribution in [0.3, 0.4) is 0 Å². The first-order valence-electron chi connectivity index (χ1n) is 9.39. The van der Waals surface area contributed by atoms with Gasteiger partial charge in [-0.15, -0.1) is 0 Å². The summed E-state index contributed by atoms with van der Waals surface area (Å²) in [7, 11) is 0. The van der Waals surface area contributed by atoms with Crippen LogP contribution in [-0.4, -0.2) is 15.6 Å². The molecule has 0 radical (unpaired) electrons. The van der Waals surface area contributed by atoms with Gasteiger partial charge in [-0.25, -0.2) is 13.5 Å². The molecule has 0 aliphatic heterocycles. The van der Waals surface area contributed by atoms with Crippen LogP contribution in [0.4, 0.5) is 8.78 Å². The maximum absolute atomic E-state index is 13.9. The Labute approximate surface area is 177 Å². The minimum absolute atomic E-state index is 0.289. The Morgan fingerprint density at radius 1 is 0.935 bits per heavy atom. The highest BCUT2D eigenvalue weighted by molar-refractivity contribution is 6.14. The SMILES string of the molecule is N#C/C(=C\c1ccc(-n2ccc(-c3ccccc3)n2)cc1)C(=O)c1cccc(F)c1F. The number of rotatable bonds is 5. The average molecular weight is 411 g/mol. The maximum atomic E-state index is 13.9. The van der Waals surface area contributed by atoms with Crippen LogP contribution in [-0.2, 0) is 0 Å². The van der Waals surface area contributed by atoms with Crippen molar-refractivity contribution in [2.45, 2.75) is 0 Å². The molecule has 4 rings (SSSR count). The van der Waals surface area contributed by atoms with Crippen LogP contribution >= 0.6 is 0 Å². The second-order valence-electron chi connectivity index (χ2n) is 6.70. The number of carbonyl (C=O) groups excluding carboxylic acids is 1. The van der Waals surface area contributed by atoms with E-state index in [4.69, 9.17) is 0 Å². The van der Waals surface area contributed by atoms with Crippen molar-refractivity contribution in [1.82, 2.24) is 9.78 Å². The van der Waals surface area contributed by atoms with E-state index in [9.17, 15) is 18.8 Å². The molecule has 0 bridgehead atoms. The second kappa shape index (κ2) is 8.56. The lowest BCUT2D eigenvalue weighted by molar-refractivity contribution is 0.103. The third-order valence-corrected chi connectivity index (χ3v) is 4.69. The summed E-state index contributed by atoms with van der Waals surface area (Å²) in [6.07, 6.45) is 3.18. The summed E-state index contributed by atoms with van der Waals surface area (Å²) in [5.41, 5.74) is 2.43. The number of benzene rings is 3. The molecule has 0 aliphatic carbocycles. The summed E-state index contributed by atoms with van der Waals surface area (Å²) in [5, 5.41) is 13.9. The number of nitriles is 1. The molecule has 0 N–H and O–H groups in total. The van der Waals surface area contributed by atoms with Crippen molar-refractivity contribution in [2.24, 2.45) is 0 Å². The van der Waals surface area contributed by atoms with Gasteiger partial charge in [-0.2, -0.15) is 10.4 Å². The number of nitrogens with zero attached hydrogens (tertiary/aromatic N) is 3. The molecule has 0 unspecified atom stereocenters. The number of aromatic nitrogens is 2. The van der Waals surface area contributed by atoms with E-state index >= 15 is 0 Å². The molecule has 6 heteroatoms. The molecule has 1 aromatic heterocycles. The molecule has 0 aliphatic rings. The van der Waals surface area contributed by atoms with Gasteiger partial charge in [0.25, 0.3) is 0 Å². The number of halogens is 2. The van der Waals surface area contributed by atoms with Crippen LogP contribution in [0.5, 0.6) is 0 Å². The lowest BCUT2D eigenvalue weighted by atomic mass is 10.0. The van der Waals surface area contributed by atoms with E-state index in [0.29, 0.717) is 5.56 Å². The van der Waals surface area contributed by atoms with Crippen molar-refractivity contribution >= 4 is 11.9 Å². The van der Waals surface area contributed by atoms with Gasteiger partial charge in [0.1, 0.15) is 11.6 Å². The molecular formula is C25H15F2N3O. The summed E-state index contributed by atoms with van der Waals surface area (Å²) in [5.74, 6) is -3.28. The number of hydrogen-bond donors (Lipinski definition) is 0. The van der Waals surface area contributed by atoms with Gasteiger partial charge in [0, 0.05) is 11.8 Å². The summed E-state index contributed by atoms with van der Waals surface area (Å²) >= 11 is 0. The van der Waals surface area contributed by atoms with Crippen molar-refractivity contribution in [2.75, 3.05) is 0 Å². The minimum atomic E-state index is -1.27. The highest BCUT2D eigenvalue weighted by atomic mass is 19.2. The second-order valence-corrected chi connectivity index (χ2v) is 6.70. The molecule has 0 saturated heterocycles. The smallest absolute Gasteiger partial charge is 0.206 e. The molecule has 0 atom stereocenters. The van der Waals surface area contributed by atoms with E-state index in [1.54, 1.807) is 35.0 Å². The van der Waals surface area contributed by atoms with Crippen molar-refractivity contribution < 1.29 is 13.6 Å². The first-order chi connectivity index (χ1) is 15.1. The van der Waals surface area contributed by atoms with Crippen molar-refractivity contribution in [3.63, 3.8) is 0 Å². The van der Waals surface area contributed by atoms with E-state index in [2.05, 4.69) is 5.10 Å². The van der Waals surface area contributed by atoms with Gasteiger partial charge in [-0.3, -0.25) is 4.79 Å². The van der Waals surface area contributed by atoms with Gasteiger partial charge in [0.15, 0.2) is 11.6 Å². The highest BCUT2D eigenvalue weighted by Gasteiger charge is 2.19. The zero-order valence-corrected chi connectivity index (χ0v) is 16.2. The van der Waals surface area contributed by atoms with Crippen molar-refractivity contribution in [3.05, 3.63) is 113 Å². The van der Waals surface area contributed by atoms with Crippen LogP contribution in [0.1, 0.15) is 15.9 Å². The molecular weight excluding hydrogens is 396 g/mol. The van der Waals surface area contributed by atoms with E-state index in [1.807, 2.05) is 42.6 Å². The largest absolute Gasteiger partial charge is 0.288 e. The number of ketones is 1.